The summed E-state index contributed by atoms with van der Waals surface area (Å²) < 4.78 is 0. The molecule has 0 saturated heterocycles. The van der Waals surface area contributed by atoms with E-state index in [1.165, 1.54) is 4.90 Å². The van der Waals surface area contributed by atoms with E-state index in [-0.39, 0.29) is 24.9 Å². The van der Waals surface area contributed by atoms with Crippen molar-refractivity contribution in [1.82, 2.24) is 10.6 Å². The number of fused-ring (bicyclic) bond motifs is 1. The largest absolute Gasteiger partial charge is 0.355 e. The summed E-state index contributed by atoms with van der Waals surface area (Å²) in [5.74, 6) is 0.00207. The molecule has 7 heteroatoms. The summed E-state index contributed by atoms with van der Waals surface area (Å²) >= 11 is 0. The van der Waals surface area contributed by atoms with Crippen molar-refractivity contribution in [3.05, 3.63) is 24.3 Å². The van der Waals surface area contributed by atoms with Gasteiger partial charge in [-0.05, 0) is 24.5 Å². The molecule has 1 aliphatic heterocycles. The Bertz CT molecular complexity index is 601. The second kappa shape index (κ2) is 7.62. The molecule has 0 radical (unpaired) electrons. The normalized spacial score (nSPS) is 13.3. The fraction of sp³-hybridized carbons (Fsp3) is 0.438. The van der Waals surface area contributed by atoms with E-state index in [2.05, 4.69) is 29.8 Å². The first-order valence-electron chi connectivity index (χ1n) is 7.68. The Labute approximate surface area is 135 Å². The van der Waals surface area contributed by atoms with E-state index in [0.717, 1.165) is 6.42 Å². The first-order valence-corrected chi connectivity index (χ1v) is 7.68. The number of urea groups is 1. The van der Waals surface area contributed by atoms with E-state index in [1.807, 2.05) is 0 Å². The predicted octanol–water partition coefficient (Wildman–Crippen LogP) is 1.32. The molecule has 1 heterocycles. The van der Waals surface area contributed by atoms with Crippen molar-refractivity contribution in [2.75, 3.05) is 29.9 Å². The lowest BCUT2D eigenvalue weighted by Crippen LogP contribution is -2.49. The molecule has 124 valence electrons. The Balaban J connectivity index is 1.89. The highest BCUT2D eigenvalue weighted by Crippen LogP contribution is 2.28. The zero-order valence-corrected chi connectivity index (χ0v) is 13.4. The molecule has 23 heavy (non-hydrogen) atoms. The quantitative estimate of drug-likeness (QED) is 0.764. The molecule has 0 unspecified atom stereocenters. The molecule has 0 bridgehead atoms. The van der Waals surface area contributed by atoms with Gasteiger partial charge in [0.25, 0.3) is 0 Å². The molecule has 3 N–H and O–H groups in total. The third-order valence-corrected chi connectivity index (χ3v) is 3.46. The van der Waals surface area contributed by atoms with Crippen LogP contribution < -0.4 is 20.9 Å². The van der Waals surface area contributed by atoms with Crippen LogP contribution in [0.4, 0.5) is 16.2 Å². The average Bonchev–Trinajstić information content (AvgIpc) is 2.51. The van der Waals surface area contributed by atoms with E-state index in [0.29, 0.717) is 23.8 Å². The first-order chi connectivity index (χ1) is 11.0. The Hall–Kier alpha value is -2.57. The smallest absolute Gasteiger partial charge is 0.322 e. The molecule has 0 saturated carbocycles. The molecule has 4 amide bonds. The van der Waals surface area contributed by atoms with Gasteiger partial charge in [0.2, 0.25) is 11.8 Å². The third kappa shape index (κ3) is 4.70. The number of nitrogens with zero attached hydrogens (tertiary/aromatic N) is 1. The van der Waals surface area contributed by atoms with Crippen LogP contribution in [0.3, 0.4) is 0 Å². The number of hydrogen-bond acceptors (Lipinski definition) is 3. The maximum absolute atomic E-state index is 12.2. The van der Waals surface area contributed by atoms with Gasteiger partial charge in [0.05, 0.1) is 17.9 Å². The van der Waals surface area contributed by atoms with Gasteiger partial charge in [-0.1, -0.05) is 26.0 Å². The van der Waals surface area contributed by atoms with Crippen LogP contribution in [0.5, 0.6) is 0 Å². The topological polar surface area (TPSA) is 90.5 Å². The van der Waals surface area contributed by atoms with E-state index < -0.39 is 6.03 Å². The number of nitrogens with one attached hydrogen (secondary N) is 3. The lowest BCUT2D eigenvalue weighted by Gasteiger charge is -2.29. The van der Waals surface area contributed by atoms with Crippen molar-refractivity contribution >= 4 is 29.2 Å². The van der Waals surface area contributed by atoms with Crippen molar-refractivity contribution in [1.29, 1.82) is 0 Å². The van der Waals surface area contributed by atoms with Gasteiger partial charge in [0.15, 0.2) is 0 Å². The number of anilines is 2. The maximum Gasteiger partial charge on any atom is 0.322 e. The zero-order chi connectivity index (χ0) is 16.8. The van der Waals surface area contributed by atoms with Gasteiger partial charge in [-0.25, -0.2) is 4.79 Å². The van der Waals surface area contributed by atoms with Crippen molar-refractivity contribution in [3.63, 3.8) is 0 Å². The van der Waals surface area contributed by atoms with Crippen LogP contribution in [0.25, 0.3) is 0 Å². The first kappa shape index (κ1) is 16.8. The van der Waals surface area contributed by atoms with E-state index >= 15 is 0 Å². The summed E-state index contributed by atoms with van der Waals surface area (Å²) in [6.45, 7) is 4.55. The van der Waals surface area contributed by atoms with Crippen LogP contribution in [-0.2, 0) is 9.59 Å². The molecule has 0 aromatic heterocycles. The van der Waals surface area contributed by atoms with Crippen LogP contribution in [0, 0.1) is 5.92 Å². The summed E-state index contributed by atoms with van der Waals surface area (Å²) in [6.07, 6.45) is 0.888. The average molecular weight is 318 g/mol. The minimum atomic E-state index is -0.466. The highest BCUT2D eigenvalue weighted by Gasteiger charge is 2.26. The van der Waals surface area contributed by atoms with Crippen molar-refractivity contribution in [3.8, 4) is 0 Å². The van der Waals surface area contributed by atoms with Gasteiger partial charge in [0.1, 0.15) is 6.54 Å². The number of carbonyl (C=O) groups is 3. The number of benzene rings is 1. The summed E-state index contributed by atoms with van der Waals surface area (Å²) in [5.41, 5.74) is 1.20. The van der Waals surface area contributed by atoms with E-state index in [9.17, 15) is 14.4 Å². The summed E-state index contributed by atoms with van der Waals surface area (Å²) in [7, 11) is 0. The van der Waals surface area contributed by atoms with Crippen LogP contribution in [0.15, 0.2) is 24.3 Å². The van der Waals surface area contributed by atoms with Gasteiger partial charge in [-0.2, -0.15) is 0 Å². The predicted molar refractivity (Wildman–Crippen MR) is 88.3 cm³/mol. The van der Waals surface area contributed by atoms with Crippen molar-refractivity contribution in [2.24, 2.45) is 5.92 Å². The highest BCUT2D eigenvalue weighted by molar-refractivity contribution is 6.09. The number of hydrogen-bond donors (Lipinski definition) is 3. The Morgan fingerprint density at radius 2 is 2.00 bits per heavy atom. The number of rotatable bonds is 5. The van der Waals surface area contributed by atoms with E-state index in [1.54, 1.807) is 24.3 Å². The van der Waals surface area contributed by atoms with Gasteiger partial charge >= 0.3 is 6.03 Å². The fourth-order valence-electron chi connectivity index (χ4n) is 2.23. The lowest BCUT2D eigenvalue weighted by atomic mass is 10.1. The molecule has 2 rings (SSSR count). The van der Waals surface area contributed by atoms with Gasteiger partial charge in [-0.3, -0.25) is 14.5 Å². The molecule has 0 fully saturated rings. The third-order valence-electron chi connectivity index (χ3n) is 3.46. The SMILES string of the molecule is CC(C)CCNC(=O)CNC(=O)N1CC(=O)Nc2ccccc21. The second-order valence-corrected chi connectivity index (χ2v) is 5.84. The zero-order valence-electron chi connectivity index (χ0n) is 13.4. The van der Waals surface area contributed by atoms with Crippen LogP contribution in [0.1, 0.15) is 20.3 Å². The number of amides is 4. The molecule has 0 aliphatic carbocycles. The van der Waals surface area contributed by atoms with Crippen LogP contribution >= 0.6 is 0 Å². The molecular formula is C16H22N4O3. The minimum absolute atomic E-state index is 0.0716. The van der Waals surface area contributed by atoms with Crippen LogP contribution in [-0.4, -0.2) is 37.5 Å². The van der Waals surface area contributed by atoms with Crippen molar-refractivity contribution in [2.45, 2.75) is 20.3 Å². The second-order valence-electron chi connectivity index (χ2n) is 5.84. The standard InChI is InChI=1S/C16H22N4O3/c1-11(2)7-8-17-14(21)9-18-16(23)20-10-15(22)19-12-5-3-4-6-13(12)20/h3-6,11H,7-10H2,1-2H3,(H,17,21)(H,18,23)(H,19,22). The minimum Gasteiger partial charge on any atom is -0.355 e. The Kier molecular flexibility index (Phi) is 5.56. The summed E-state index contributed by atoms with van der Waals surface area (Å²) in [5, 5.41) is 8.00. The summed E-state index contributed by atoms with van der Waals surface area (Å²) in [6, 6.07) is 6.58. The number of para-hydroxylation sites is 2. The Morgan fingerprint density at radius 3 is 2.74 bits per heavy atom. The molecular weight excluding hydrogens is 296 g/mol. The maximum atomic E-state index is 12.2. The molecule has 1 aromatic carbocycles. The fourth-order valence-corrected chi connectivity index (χ4v) is 2.23. The molecule has 1 aromatic rings. The molecule has 1 aliphatic rings. The van der Waals surface area contributed by atoms with Crippen molar-refractivity contribution < 1.29 is 14.4 Å². The molecule has 0 atom stereocenters. The van der Waals surface area contributed by atoms with Gasteiger partial charge in [-0.15, -0.1) is 0 Å². The highest BCUT2D eigenvalue weighted by atomic mass is 16.2. The van der Waals surface area contributed by atoms with Gasteiger partial charge < -0.3 is 16.0 Å². The monoisotopic (exact) mass is 318 g/mol. The summed E-state index contributed by atoms with van der Waals surface area (Å²) in [4.78, 5) is 36.9. The Morgan fingerprint density at radius 1 is 1.26 bits per heavy atom. The lowest BCUT2D eigenvalue weighted by molar-refractivity contribution is -0.120. The van der Waals surface area contributed by atoms with Gasteiger partial charge in [0, 0.05) is 6.54 Å². The van der Waals surface area contributed by atoms with E-state index in [4.69, 9.17) is 0 Å². The molecule has 7 nitrogen and oxygen atoms in total. The number of carbonyl (C=O) groups excluding carboxylic acids is 3. The van der Waals surface area contributed by atoms with Crippen LogP contribution in [0.2, 0.25) is 0 Å². The molecule has 0 spiro atoms.